The van der Waals surface area contributed by atoms with Crippen LogP contribution in [0.3, 0.4) is 0 Å². The Morgan fingerprint density at radius 3 is 2.76 bits per heavy atom. The highest BCUT2D eigenvalue weighted by Crippen LogP contribution is 2.32. The molecule has 0 amide bonds. The fourth-order valence-corrected chi connectivity index (χ4v) is 5.45. The van der Waals surface area contributed by atoms with E-state index < -0.39 is 10.0 Å². The lowest BCUT2D eigenvalue weighted by molar-refractivity contribution is 0.285. The summed E-state index contributed by atoms with van der Waals surface area (Å²) in [4.78, 5) is 0.750. The molecule has 0 saturated carbocycles. The van der Waals surface area contributed by atoms with Crippen LogP contribution in [-0.4, -0.2) is 13.5 Å². The second-order valence-electron chi connectivity index (χ2n) is 3.13. The Hall–Kier alpha value is -0.410. The zero-order valence-corrected chi connectivity index (χ0v) is 12.4. The Morgan fingerprint density at radius 2 is 2.24 bits per heavy atom. The zero-order chi connectivity index (χ0) is 12.5. The molecular formula is C9H8BrNO3S3. The van der Waals surface area contributed by atoms with Gasteiger partial charge in [0.25, 0.3) is 10.0 Å². The van der Waals surface area contributed by atoms with Crippen molar-refractivity contribution in [3.8, 4) is 0 Å². The van der Waals surface area contributed by atoms with E-state index in [0.717, 1.165) is 0 Å². The highest BCUT2D eigenvalue weighted by Gasteiger charge is 2.20. The SMILES string of the molecule is O=S(=O)(Nc1ccsc1)c1cc(CO)sc1Br. The van der Waals surface area contributed by atoms with Gasteiger partial charge in [-0.3, -0.25) is 4.72 Å². The standard InChI is InChI=1S/C9H8BrNO3S3/c10-9-8(3-7(4-12)16-9)17(13,14)11-6-1-2-15-5-6/h1-3,5,11-12H,4H2. The minimum Gasteiger partial charge on any atom is -0.391 e. The quantitative estimate of drug-likeness (QED) is 0.887. The van der Waals surface area contributed by atoms with E-state index in [1.807, 2.05) is 0 Å². The lowest BCUT2D eigenvalue weighted by Gasteiger charge is -2.04. The third kappa shape index (κ3) is 2.89. The number of anilines is 1. The molecule has 0 bridgehead atoms. The normalized spacial score (nSPS) is 11.6. The minimum absolute atomic E-state index is 0.151. The molecule has 0 unspecified atom stereocenters. The average molecular weight is 354 g/mol. The Labute approximate surface area is 115 Å². The smallest absolute Gasteiger partial charge is 0.263 e. The minimum atomic E-state index is -3.59. The van der Waals surface area contributed by atoms with Gasteiger partial charge in [0.05, 0.1) is 16.1 Å². The van der Waals surface area contributed by atoms with Crippen molar-refractivity contribution in [1.82, 2.24) is 0 Å². The number of aliphatic hydroxyl groups excluding tert-OH is 1. The van der Waals surface area contributed by atoms with E-state index in [1.165, 1.54) is 28.7 Å². The van der Waals surface area contributed by atoms with Crippen molar-refractivity contribution in [2.24, 2.45) is 0 Å². The Morgan fingerprint density at radius 1 is 1.47 bits per heavy atom. The van der Waals surface area contributed by atoms with Gasteiger partial charge in [-0.05, 0) is 33.4 Å². The van der Waals surface area contributed by atoms with Crippen LogP contribution < -0.4 is 4.72 Å². The van der Waals surface area contributed by atoms with Gasteiger partial charge < -0.3 is 5.11 Å². The summed E-state index contributed by atoms with van der Waals surface area (Å²) in [5.74, 6) is 0. The fraction of sp³-hybridized carbons (Fsp3) is 0.111. The van der Waals surface area contributed by atoms with E-state index in [-0.39, 0.29) is 11.5 Å². The molecule has 2 aromatic heterocycles. The maximum Gasteiger partial charge on any atom is 0.263 e. The van der Waals surface area contributed by atoms with Crippen LogP contribution in [-0.2, 0) is 16.6 Å². The molecule has 92 valence electrons. The van der Waals surface area contributed by atoms with Gasteiger partial charge in [0.1, 0.15) is 4.90 Å². The predicted molar refractivity (Wildman–Crippen MR) is 73.1 cm³/mol. The Bertz CT molecular complexity index is 603. The number of halogens is 1. The number of hydrogen-bond donors (Lipinski definition) is 2. The first kappa shape index (κ1) is 13.0. The first-order valence-electron chi connectivity index (χ1n) is 4.47. The molecule has 2 heterocycles. The lowest BCUT2D eigenvalue weighted by Crippen LogP contribution is -2.11. The van der Waals surface area contributed by atoms with E-state index in [9.17, 15) is 8.42 Å². The fourth-order valence-electron chi connectivity index (χ4n) is 1.19. The molecule has 4 nitrogen and oxygen atoms in total. The van der Waals surface area contributed by atoms with Crippen LogP contribution in [0.25, 0.3) is 0 Å². The summed E-state index contributed by atoms with van der Waals surface area (Å²) < 4.78 is 27.0. The van der Waals surface area contributed by atoms with Gasteiger partial charge in [-0.25, -0.2) is 8.42 Å². The van der Waals surface area contributed by atoms with Gasteiger partial charge in [-0.2, -0.15) is 11.3 Å². The first-order chi connectivity index (χ1) is 8.03. The summed E-state index contributed by atoms with van der Waals surface area (Å²) in [5, 5.41) is 12.5. The molecule has 0 aliphatic carbocycles. The van der Waals surface area contributed by atoms with Gasteiger partial charge in [-0.15, -0.1) is 11.3 Å². The molecule has 0 aliphatic rings. The molecule has 0 fully saturated rings. The highest BCUT2D eigenvalue weighted by molar-refractivity contribution is 9.11. The number of thiophene rings is 2. The summed E-state index contributed by atoms with van der Waals surface area (Å²) in [5.41, 5.74) is 0.540. The average Bonchev–Trinajstić information content (AvgIpc) is 2.86. The van der Waals surface area contributed by atoms with Gasteiger partial charge >= 0.3 is 0 Å². The van der Waals surface area contributed by atoms with Gasteiger partial charge in [0.15, 0.2) is 0 Å². The van der Waals surface area contributed by atoms with Crippen molar-refractivity contribution >= 4 is 54.3 Å². The van der Waals surface area contributed by atoms with E-state index in [1.54, 1.807) is 16.8 Å². The van der Waals surface area contributed by atoms with Gasteiger partial charge in [0.2, 0.25) is 0 Å². The second kappa shape index (κ2) is 5.07. The molecule has 0 spiro atoms. The molecule has 0 aromatic carbocycles. The van der Waals surface area contributed by atoms with Crippen LogP contribution in [0.5, 0.6) is 0 Å². The number of aliphatic hydroxyl groups is 1. The van der Waals surface area contributed by atoms with E-state index in [2.05, 4.69) is 20.7 Å². The molecule has 2 aromatic rings. The highest BCUT2D eigenvalue weighted by atomic mass is 79.9. The molecule has 0 radical (unpaired) electrons. The lowest BCUT2D eigenvalue weighted by atomic mass is 10.5. The van der Waals surface area contributed by atoms with Crippen LogP contribution >= 0.6 is 38.6 Å². The summed E-state index contributed by atoms with van der Waals surface area (Å²) in [6, 6.07) is 3.15. The molecule has 2 rings (SSSR count). The number of hydrogen-bond acceptors (Lipinski definition) is 5. The molecule has 0 saturated heterocycles. The predicted octanol–water partition coefficient (Wildman–Crippen LogP) is 2.87. The first-order valence-corrected chi connectivity index (χ1v) is 8.50. The molecule has 0 aliphatic heterocycles. The maximum absolute atomic E-state index is 12.0. The Balaban J connectivity index is 2.34. The third-order valence-electron chi connectivity index (χ3n) is 1.93. The Kier molecular flexibility index (Phi) is 3.88. The number of rotatable bonds is 4. The van der Waals surface area contributed by atoms with Crippen LogP contribution in [0.2, 0.25) is 0 Å². The van der Waals surface area contributed by atoms with Gasteiger partial charge in [-0.1, -0.05) is 0 Å². The molecule has 0 atom stereocenters. The van der Waals surface area contributed by atoms with Crippen LogP contribution in [0.4, 0.5) is 5.69 Å². The topological polar surface area (TPSA) is 66.4 Å². The van der Waals surface area contributed by atoms with Crippen molar-refractivity contribution in [3.63, 3.8) is 0 Å². The zero-order valence-electron chi connectivity index (χ0n) is 8.38. The second-order valence-corrected chi connectivity index (χ2v) is 8.01. The van der Waals surface area contributed by atoms with Gasteiger partial charge in [0, 0.05) is 10.3 Å². The summed E-state index contributed by atoms with van der Waals surface area (Å²) in [6.45, 7) is -0.169. The molecule has 2 N–H and O–H groups in total. The summed E-state index contributed by atoms with van der Waals surface area (Å²) >= 11 is 5.81. The van der Waals surface area contributed by atoms with E-state index in [4.69, 9.17) is 5.11 Å². The van der Waals surface area contributed by atoms with Crippen molar-refractivity contribution in [2.45, 2.75) is 11.5 Å². The van der Waals surface area contributed by atoms with Crippen molar-refractivity contribution in [2.75, 3.05) is 4.72 Å². The number of sulfonamides is 1. The van der Waals surface area contributed by atoms with E-state index in [0.29, 0.717) is 14.4 Å². The summed E-state index contributed by atoms with van der Waals surface area (Å²) in [7, 11) is -3.59. The van der Waals surface area contributed by atoms with Crippen LogP contribution in [0.15, 0.2) is 31.6 Å². The number of nitrogens with one attached hydrogen (secondary N) is 1. The van der Waals surface area contributed by atoms with Crippen molar-refractivity contribution in [3.05, 3.63) is 31.6 Å². The van der Waals surface area contributed by atoms with E-state index >= 15 is 0 Å². The van der Waals surface area contributed by atoms with Crippen molar-refractivity contribution < 1.29 is 13.5 Å². The monoisotopic (exact) mass is 353 g/mol. The third-order valence-corrected chi connectivity index (χ3v) is 6.23. The summed E-state index contributed by atoms with van der Waals surface area (Å²) in [6.07, 6.45) is 0. The van der Waals surface area contributed by atoms with Crippen LogP contribution in [0, 0.1) is 0 Å². The van der Waals surface area contributed by atoms with Crippen LogP contribution in [0.1, 0.15) is 4.88 Å². The molecule has 8 heteroatoms. The maximum atomic E-state index is 12.0. The van der Waals surface area contributed by atoms with Crippen molar-refractivity contribution in [1.29, 1.82) is 0 Å². The molecule has 17 heavy (non-hydrogen) atoms. The molecular weight excluding hydrogens is 346 g/mol. The largest absolute Gasteiger partial charge is 0.391 e.